The van der Waals surface area contributed by atoms with Gasteiger partial charge in [-0.1, -0.05) is 12.2 Å². The largest absolute Gasteiger partial charge is 0.480 e. The van der Waals surface area contributed by atoms with Crippen molar-refractivity contribution < 1.29 is 60.8 Å². The van der Waals surface area contributed by atoms with Gasteiger partial charge in [-0.05, 0) is 38.5 Å². The molecule has 0 spiro atoms. The Balaban J connectivity index is -0.000000532. The van der Waals surface area contributed by atoms with E-state index in [-0.39, 0.29) is 6.61 Å². The van der Waals surface area contributed by atoms with Gasteiger partial charge in [0, 0.05) is 6.61 Å². The molecule has 9 nitrogen and oxygen atoms in total. The lowest BCUT2D eigenvalue weighted by atomic mass is 10.2. The van der Waals surface area contributed by atoms with Gasteiger partial charge in [0.1, 0.15) is 12.1 Å². The summed E-state index contributed by atoms with van der Waals surface area (Å²) in [6.07, 6.45) is -4.94. The second kappa shape index (κ2) is 21.5. The van der Waals surface area contributed by atoms with Crippen LogP contribution in [0.15, 0.2) is 25.3 Å². The van der Waals surface area contributed by atoms with Crippen molar-refractivity contribution in [3.63, 3.8) is 0 Å². The Morgan fingerprint density at radius 1 is 0.861 bits per heavy atom. The van der Waals surface area contributed by atoms with Crippen LogP contribution >= 0.6 is 0 Å². The molecule has 0 aliphatic rings. The van der Waals surface area contributed by atoms with Crippen LogP contribution in [-0.4, -0.2) is 71.0 Å². The Hall–Kier alpha value is -2.81. The highest BCUT2D eigenvalue weighted by molar-refractivity contribution is 5.79. The highest BCUT2D eigenvalue weighted by Gasteiger charge is 2.36. The standard InChI is InChI=1S/C11H16F3NO4.C6H12O.C4H6F3NO2/c1-2-3-4-5-6-19-10(18)15-8(9(16)17)7-11(12,13)14;1-2-3-4-5-6-7;5-4(6,7)1-2(8)3(9)10/h2,8H,1,3-7H2,(H,15,18)(H,16,17);2,7H,1,3-6H2;2H,1,8H2,(H,9,10). The summed E-state index contributed by atoms with van der Waals surface area (Å²) in [6, 6.07) is -3.89. The maximum absolute atomic E-state index is 12.0. The van der Waals surface area contributed by atoms with Gasteiger partial charge in [-0.25, -0.2) is 9.59 Å². The van der Waals surface area contributed by atoms with E-state index in [0.717, 1.165) is 32.1 Å². The number of alkyl carbamates (subject to hydrolysis) is 1. The van der Waals surface area contributed by atoms with E-state index >= 15 is 0 Å². The number of carboxylic acids is 2. The number of aliphatic hydroxyl groups excluding tert-OH is 1. The average Bonchev–Trinajstić information content (AvgIpc) is 2.72. The Morgan fingerprint density at radius 3 is 1.67 bits per heavy atom. The summed E-state index contributed by atoms with van der Waals surface area (Å²) < 4.78 is 74.7. The van der Waals surface area contributed by atoms with Crippen LogP contribution in [0, 0.1) is 0 Å². The molecule has 15 heteroatoms. The number of alkyl halides is 6. The quantitative estimate of drug-likeness (QED) is 0.125. The summed E-state index contributed by atoms with van der Waals surface area (Å²) >= 11 is 0. The number of carboxylic acid groups (broad SMARTS) is 2. The van der Waals surface area contributed by atoms with Gasteiger partial charge < -0.3 is 31.1 Å². The molecule has 212 valence electrons. The monoisotopic (exact) mass is 540 g/mol. The fourth-order valence-electron chi connectivity index (χ4n) is 1.91. The molecule has 36 heavy (non-hydrogen) atoms. The van der Waals surface area contributed by atoms with Crippen LogP contribution in [0.2, 0.25) is 0 Å². The number of aliphatic hydroxyl groups is 1. The van der Waals surface area contributed by atoms with E-state index in [1.54, 1.807) is 11.4 Å². The number of carbonyl (C=O) groups is 3. The van der Waals surface area contributed by atoms with Crippen molar-refractivity contribution in [2.45, 2.75) is 75.8 Å². The molecule has 0 rings (SSSR count). The number of hydrogen-bond acceptors (Lipinski definition) is 6. The maximum Gasteiger partial charge on any atom is 0.407 e. The summed E-state index contributed by atoms with van der Waals surface area (Å²) in [5.41, 5.74) is 4.58. The molecule has 6 N–H and O–H groups in total. The topological polar surface area (TPSA) is 159 Å². The lowest BCUT2D eigenvalue weighted by molar-refractivity contribution is -0.158. The van der Waals surface area contributed by atoms with Crippen LogP contribution < -0.4 is 11.1 Å². The Bertz CT molecular complexity index is 643. The highest BCUT2D eigenvalue weighted by Crippen LogP contribution is 2.22. The number of nitrogens with one attached hydrogen (secondary N) is 1. The van der Waals surface area contributed by atoms with E-state index in [1.165, 1.54) is 0 Å². The van der Waals surface area contributed by atoms with E-state index in [9.17, 15) is 40.7 Å². The van der Waals surface area contributed by atoms with Gasteiger partial charge in [0.05, 0.1) is 19.4 Å². The predicted octanol–water partition coefficient (Wildman–Crippen LogP) is 4.16. The molecule has 2 atom stereocenters. The van der Waals surface area contributed by atoms with Crippen molar-refractivity contribution in [3.05, 3.63) is 25.3 Å². The van der Waals surface area contributed by atoms with Gasteiger partial charge >= 0.3 is 30.4 Å². The van der Waals surface area contributed by atoms with Gasteiger partial charge in [0.25, 0.3) is 0 Å². The minimum Gasteiger partial charge on any atom is -0.480 e. The smallest absolute Gasteiger partial charge is 0.407 e. The third-order valence-electron chi connectivity index (χ3n) is 3.65. The van der Waals surface area contributed by atoms with Gasteiger partial charge in [-0.3, -0.25) is 4.79 Å². The van der Waals surface area contributed by atoms with Gasteiger partial charge in [-0.2, -0.15) is 26.3 Å². The SMILES string of the molecule is C=CCCCCO.C=CCCCCOC(=O)NC(CC(F)(F)F)C(=O)O.NC(CC(F)(F)F)C(=O)O. The number of ether oxygens (including phenoxy) is 1. The lowest BCUT2D eigenvalue weighted by Crippen LogP contribution is -2.43. The van der Waals surface area contributed by atoms with Crippen molar-refractivity contribution in [2.75, 3.05) is 13.2 Å². The molecule has 0 aromatic rings. The maximum atomic E-state index is 12.0. The summed E-state index contributed by atoms with van der Waals surface area (Å²) in [7, 11) is 0. The number of carbonyl (C=O) groups excluding carboxylic acids is 1. The van der Waals surface area contributed by atoms with Crippen molar-refractivity contribution >= 4 is 18.0 Å². The van der Waals surface area contributed by atoms with E-state index < -0.39 is 55.3 Å². The molecule has 0 heterocycles. The number of rotatable bonds is 14. The first-order valence-corrected chi connectivity index (χ1v) is 10.6. The molecule has 0 aliphatic carbocycles. The predicted molar refractivity (Wildman–Crippen MR) is 118 cm³/mol. The first kappa shape index (κ1) is 37.7. The molecular formula is C21H34F6N2O7. The molecule has 0 radical (unpaired) electrons. The van der Waals surface area contributed by atoms with Crippen molar-refractivity contribution in [3.8, 4) is 0 Å². The molecular weight excluding hydrogens is 506 g/mol. The number of amides is 1. The highest BCUT2D eigenvalue weighted by atomic mass is 19.4. The first-order valence-electron chi connectivity index (χ1n) is 10.6. The molecule has 0 saturated heterocycles. The van der Waals surface area contributed by atoms with Crippen LogP contribution in [0.25, 0.3) is 0 Å². The zero-order valence-corrected chi connectivity index (χ0v) is 19.6. The van der Waals surface area contributed by atoms with E-state index in [2.05, 4.69) is 23.6 Å². The number of hydrogen-bond donors (Lipinski definition) is 5. The zero-order chi connectivity index (χ0) is 28.8. The number of nitrogens with two attached hydrogens (primary N) is 1. The van der Waals surface area contributed by atoms with Crippen molar-refractivity contribution in [1.29, 1.82) is 0 Å². The van der Waals surface area contributed by atoms with E-state index in [0.29, 0.717) is 13.0 Å². The molecule has 0 aliphatic heterocycles. The molecule has 0 saturated carbocycles. The van der Waals surface area contributed by atoms with Crippen LogP contribution in [0.3, 0.4) is 0 Å². The van der Waals surface area contributed by atoms with Crippen LogP contribution in [-0.2, 0) is 14.3 Å². The minimum atomic E-state index is -4.68. The van der Waals surface area contributed by atoms with Crippen LogP contribution in [0.5, 0.6) is 0 Å². The summed E-state index contributed by atoms with van der Waals surface area (Å²) in [5, 5.41) is 26.4. The summed E-state index contributed by atoms with van der Waals surface area (Å²) in [6.45, 7) is 7.37. The second-order valence-corrected chi connectivity index (χ2v) is 7.05. The zero-order valence-electron chi connectivity index (χ0n) is 19.6. The molecule has 0 aromatic carbocycles. The summed E-state index contributed by atoms with van der Waals surface area (Å²) in [5.74, 6) is -3.40. The van der Waals surface area contributed by atoms with Crippen LogP contribution in [0.1, 0.15) is 51.4 Å². The third kappa shape index (κ3) is 31.2. The third-order valence-corrected chi connectivity index (χ3v) is 3.65. The number of aliphatic carboxylic acids is 2. The number of unbranched alkanes of at least 4 members (excludes halogenated alkanes) is 4. The number of halogens is 6. The second-order valence-electron chi connectivity index (χ2n) is 7.05. The fraction of sp³-hybridized carbons (Fsp3) is 0.667. The van der Waals surface area contributed by atoms with E-state index in [1.807, 2.05) is 6.08 Å². The number of allylic oxidation sites excluding steroid dienone is 2. The van der Waals surface area contributed by atoms with Gasteiger partial charge in [0.2, 0.25) is 0 Å². The molecule has 0 fully saturated rings. The molecule has 0 bridgehead atoms. The first-order chi connectivity index (χ1) is 16.5. The normalized spacial score (nSPS) is 12.4. The van der Waals surface area contributed by atoms with Crippen LogP contribution in [0.4, 0.5) is 31.1 Å². The van der Waals surface area contributed by atoms with E-state index in [4.69, 9.17) is 15.3 Å². The van der Waals surface area contributed by atoms with Crippen molar-refractivity contribution in [1.82, 2.24) is 5.32 Å². The fourth-order valence-corrected chi connectivity index (χ4v) is 1.91. The van der Waals surface area contributed by atoms with Gasteiger partial charge in [-0.15, -0.1) is 13.2 Å². The molecule has 1 amide bonds. The average molecular weight is 540 g/mol. The lowest BCUT2D eigenvalue weighted by Gasteiger charge is -2.16. The molecule has 2 unspecified atom stereocenters. The van der Waals surface area contributed by atoms with Crippen molar-refractivity contribution in [2.24, 2.45) is 5.73 Å². The Kier molecular flexibility index (Phi) is 22.5. The minimum absolute atomic E-state index is 0.0119. The summed E-state index contributed by atoms with van der Waals surface area (Å²) in [4.78, 5) is 31.4. The van der Waals surface area contributed by atoms with Gasteiger partial charge in [0.15, 0.2) is 0 Å². The Morgan fingerprint density at radius 2 is 1.33 bits per heavy atom. The Labute approximate surface area is 205 Å². The molecule has 0 aromatic heterocycles.